The van der Waals surface area contributed by atoms with Gasteiger partial charge in [0.25, 0.3) is 0 Å². The normalized spacial score (nSPS) is 17.5. The number of hydrogen-bond donors (Lipinski definition) is 1. The maximum Gasteiger partial charge on any atom is 0.410 e. The van der Waals surface area contributed by atoms with Crippen molar-refractivity contribution in [1.29, 1.82) is 5.26 Å². The molecule has 1 aromatic carbocycles. The summed E-state index contributed by atoms with van der Waals surface area (Å²) in [4.78, 5) is 18.3. The molecule has 0 aliphatic carbocycles. The molecule has 1 amide bonds. The number of aromatic nitrogens is 1. The lowest BCUT2D eigenvalue weighted by Crippen LogP contribution is -2.66. The van der Waals surface area contributed by atoms with Gasteiger partial charge in [0.1, 0.15) is 17.3 Å². The van der Waals surface area contributed by atoms with Gasteiger partial charge in [-0.25, -0.2) is 4.79 Å². The molecule has 6 nitrogen and oxygen atoms in total. The molecule has 2 aromatic rings. The Morgan fingerprint density at radius 2 is 1.81 bits per heavy atom. The number of rotatable bonds is 4. The van der Waals surface area contributed by atoms with Crippen LogP contribution in [0.1, 0.15) is 69.7 Å². The van der Waals surface area contributed by atoms with Crippen molar-refractivity contribution in [2.45, 2.75) is 58.7 Å². The standard InChI is InChI=1S/C25H31N3O3/c1-17(2)19-7-9-20(10-8-19)25(30,21-11-18(12-26)13-27-14-21)24(6)15-28(16-24)22(29)31-23(3,4)5/h7-11,13-14,17,30H,15-16H2,1-6H3. The zero-order chi connectivity index (χ0) is 23.0. The Hall–Kier alpha value is -2.91. The Labute approximate surface area is 184 Å². The van der Waals surface area contributed by atoms with E-state index >= 15 is 0 Å². The van der Waals surface area contributed by atoms with Gasteiger partial charge in [-0.2, -0.15) is 5.26 Å². The average molecular weight is 422 g/mol. The molecule has 3 rings (SSSR count). The summed E-state index contributed by atoms with van der Waals surface area (Å²) >= 11 is 0. The molecule has 0 bridgehead atoms. The van der Waals surface area contributed by atoms with E-state index in [2.05, 4.69) is 24.9 Å². The lowest BCUT2D eigenvalue weighted by atomic mass is 9.62. The summed E-state index contributed by atoms with van der Waals surface area (Å²) in [6.07, 6.45) is 2.67. The van der Waals surface area contributed by atoms with Crippen molar-refractivity contribution in [2.24, 2.45) is 5.41 Å². The number of carbonyl (C=O) groups excluding carboxylic acids is 1. The summed E-state index contributed by atoms with van der Waals surface area (Å²) < 4.78 is 5.49. The van der Waals surface area contributed by atoms with Gasteiger partial charge < -0.3 is 14.7 Å². The van der Waals surface area contributed by atoms with E-state index in [1.165, 1.54) is 11.8 Å². The fourth-order valence-corrected chi connectivity index (χ4v) is 4.15. The highest BCUT2D eigenvalue weighted by molar-refractivity contribution is 5.70. The summed E-state index contributed by atoms with van der Waals surface area (Å²) in [5, 5.41) is 21.5. The molecule has 1 atom stereocenters. The SMILES string of the molecule is CC(C)c1ccc(C(O)(c2cncc(C#N)c2)C2(C)CN(C(=O)OC(C)(C)C)C2)cc1. The van der Waals surface area contributed by atoms with Crippen molar-refractivity contribution in [3.05, 3.63) is 65.0 Å². The minimum Gasteiger partial charge on any atom is -0.444 e. The van der Waals surface area contributed by atoms with Gasteiger partial charge in [-0.1, -0.05) is 45.0 Å². The maximum absolute atomic E-state index is 12.5. The minimum absolute atomic E-state index is 0.321. The number of carbonyl (C=O) groups is 1. The second-order valence-electron chi connectivity index (χ2n) is 9.96. The van der Waals surface area contributed by atoms with Crippen LogP contribution in [0.2, 0.25) is 0 Å². The third-order valence-corrected chi connectivity index (χ3v) is 5.89. The quantitative estimate of drug-likeness (QED) is 0.781. The van der Waals surface area contributed by atoms with E-state index < -0.39 is 22.7 Å². The Balaban J connectivity index is 2.01. The second kappa shape index (κ2) is 7.97. The fourth-order valence-electron chi connectivity index (χ4n) is 4.15. The van der Waals surface area contributed by atoms with Crippen LogP contribution < -0.4 is 0 Å². The lowest BCUT2D eigenvalue weighted by Gasteiger charge is -2.56. The molecular formula is C25H31N3O3. The van der Waals surface area contributed by atoms with Gasteiger partial charge >= 0.3 is 6.09 Å². The number of nitriles is 1. The Kier molecular flexibility index (Phi) is 5.86. The zero-order valence-corrected chi connectivity index (χ0v) is 19.1. The van der Waals surface area contributed by atoms with Crippen molar-refractivity contribution >= 4 is 6.09 Å². The van der Waals surface area contributed by atoms with E-state index in [1.54, 1.807) is 17.2 Å². The first kappa shape index (κ1) is 22.8. The predicted octanol–water partition coefficient (Wildman–Crippen LogP) is 4.57. The molecule has 0 saturated carbocycles. The summed E-state index contributed by atoms with van der Waals surface area (Å²) in [5.74, 6) is 0.368. The van der Waals surface area contributed by atoms with Gasteiger partial charge in [0, 0.05) is 36.5 Å². The van der Waals surface area contributed by atoms with E-state index in [9.17, 15) is 15.2 Å². The summed E-state index contributed by atoms with van der Waals surface area (Å²) in [6, 6.07) is 11.6. The molecule has 6 heteroatoms. The molecule has 1 fully saturated rings. The molecule has 1 N–H and O–H groups in total. The van der Waals surface area contributed by atoms with Gasteiger partial charge in [-0.05, 0) is 43.9 Å². The highest BCUT2D eigenvalue weighted by Crippen LogP contribution is 2.50. The number of benzene rings is 1. The number of pyridine rings is 1. The monoisotopic (exact) mass is 421 g/mol. The number of aliphatic hydroxyl groups is 1. The van der Waals surface area contributed by atoms with Crippen LogP contribution in [0.4, 0.5) is 4.79 Å². The number of ether oxygens (including phenoxy) is 1. The van der Waals surface area contributed by atoms with E-state index in [-0.39, 0.29) is 0 Å². The highest BCUT2D eigenvalue weighted by atomic mass is 16.6. The van der Waals surface area contributed by atoms with Crippen LogP contribution in [-0.2, 0) is 10.3 Å². The summed E-state index contributed by atoms with van der Waals surface area (Å²) in [5.41, 5.74) is 0.0953. The number of likely N-dealkylation sites (tertiary alicyclic amines) is 1. The van der Waals surface area contributed by atoms with Crippen molar-refractivity contribution in [3.63, 3.8) is 0 Å². The van der Waals surface area contributed by atoms with Crippen molar-refractivity contribution < 1.29 is 14.6 Å². The third kappa shape index (κ3) is 4.28. The Morgan fingerprint density at radius 3 is 2.32 bits per heavy atom. The first-order chi connectivity index (χ1) is 14.4. The van der Waals surface area contributed by atoms with Crippen LogP contribution in [0, 0.1) is 16.7 Å². The molecule has 1 saturated heterocycles. The maximum atomic E-state index is 12.5. The molecule has 1 aliphatic heterocycles. The molecule has 31 heavy (non-hydrogen) atoms. The fraction of sp³-hybridized carbons (Fsp3) is 0.480. The number of nitrogens with zero attached hydrogens (tertiary/aromatic N) is 3. The van der Waals surface area contributed by atoms with Crippen LogP contribution in [0.15, 0.2) is 42.7 Å². The number of amides is 1. The van der Waals surface area contributed by atoms with Crippen LogP contribution in [0.5, 0.6) is 0 Å². The van der Waals surface area contributed by atoms with E-state index in [1.807, 2.05) is 52.0 Å². The second-order valence-corrected chi connectivity index (χ2v) is 9.96. The Morgan fingerprint density at radius 1 is 1.19 bits per heavy atom. The summed E-state index contributed by atoms with van der Waals surface area (Å²) in [6.45, 7) is 12.3. The molecule has 164 valence electrons. The Bertz CT molecular complexity index is 996. The lowest BCUT2D eigenvalue weighted by molar-refractivity contribution is -0.131. The first-order valence-electron chi connectivity index (χ1n) is 10.6. The van der Waals surface area contributed by atoms with Gasteiger partial charge in [0.2, 0.25) is 0 Å². The first-order valence-corrected chi connectivity index (χ1v) is 10.6. The van der Waals surface area contributed by atoms with Gasteiger partial charge in [0.05, 0.1) is 5.56 Å². The summed E-state index contributed by atoms with van der Waals surface area (Å²) in [7, 11) is 0. The van der Waals surface area contributed by atoms with Crippen LogP contribution >= 0.6 is 0 Å². The van der Waals surface area contributed by atoms with Crippen LogP contribution in [0.25, 0.3) is 0 Å². The van der Waals surface area contributed by atoms with Crippen LogP contribution in [0.3, 0.4) is 0 Å². The largest absolute Gasteiger partial charge is 0.444 e. The van der Waals surface area contributed by atoms with Crippen LogP contribution in [-0.4, -0.2) is 39.8 Å². The highest BCUT2D eigenvalue weighted by Gasteiger charge is 2.58. The van der Waals surface area contributed by atoms with E-state index in [0.29, 0.717) is 35.7 Å². The smallest absolute Gasteiger partial charge is 0.410 e. The van der Waals surface area contributed by atoms with Crippen molar-refractivity contribution in [3.8, 4) is 6.07 Å². The third-order valence-electron chi connectivity index (χ3n) is 5.89. The van der Waals surface area contributed by atoms with Gasteiger partial charge in [0.15, 0.2) is 0 Å². The number of hydrogen-bond acceptors (Lipinski definition) is 5. The minimum atomic E-state index is -1.43. The van der Waals surface area contributed by atoms with E-state index in [0.717, 1.165) is 0 Å². The molecule has 0 spiro atoms. The van der Waals surface area contributed by atoms with Gasteiger partial charge in [-0.15, -0.1) is 0 Å². The van der Waals surface area contributed by atoms with E-state index in [4.69, 9.17) is 4.74 Å². The molecule has 0 radical (unpaired) electrons. The van der Waals surface area contributed by atoms with Crippen molar-refractivity contribution in [1.82, 2.24) is 9.88 Å². The molecule has 2 heterocycles. The molecule has 1 aliphatic rings. The average Bonchev–Trinajstić information content (AvgIpc) is 2.69. The predicted molar refractivity (Wildman–Crippen MR) is 118 cm³/mol. The topological polar surface area (TPSA) is 86.5 Å². The van der Waals surface area contributed by atoms with Gasteiger partial charge in [-0.3, -0.25) is 4.98 Å². The van der Waals surface area contributed by atoms with Crippen molar-refractivity contribution in [2.75, 3.05) is 13.1 Å². The molecular weight excluding hydrogens is 390 g/mol. The molecule has 1 unspecified atom stereocenters. The molecule has 1 aromatic heterocycles. The zero-order valence-electron chi connectivity index (χ0n) is 19.1.